The Morgan fingerprint density at radius 3 is 2.76 bits per heavy atom. The van der Waals surface area contributed by atoms with Crippen molar-refractivity contribution in [1.29, 1.82) is 0 Å². The number of rotatable bonds is 2. The summed E-state index contributed by atoms with van der Waals surface area (Å²) in [6.07, 6.45) is 0.560. The molecule has 2 amide bonds. The highest BCUT2D eigenvalue weighted by Crippen LogP contribution is 2.26. The molecule has 1 fully saturated rings. The quantitative estimate of drug-likeness (QED) is 0.817. The minimum atomic E-state index is -0.663. The predicted octanol–water partition coefficient (Wildman–Crippen LogP) is 1.34. The maximum Gasteiger partial charge on any atom is 0.327 e. The zero-order valence-corrected chi connectivity index (χ0v) is 11.6. The molecule has 0 bridgehead atoms. The summed E-state index contributed by atoms with van der Waals surface area (Å²) >= 11 is 0. The van der Waals surface area contributed by atoms with Crippen molar-refractivity contribution in [2.45, 2.75) is 25.8 Å². The Bertz CT molecular complexity index is 828. The molecule has 0 saturated carbocycles. The number of imidazole rings is 1. The molecule has 1 atom stereocenters. The molecule has 0 spiro atoms. The molecule has 0 aliphatic carbocycles. The van der Waals surface area contributed by atoms with Gasteiger partial charge in [-0.05, 0) is 25.0 Å². The number of para-hydroxylation sites is 1. The molecule has 3 rings (SSSR count). The van der Waals surface area contributed by atoms with Gasteiger partial charge >= 0.3 is 5.69 Å². The molecular formula is C15H15N3O3. The summed E-state index contributed by atoms with van der Waals surface area (Å²) in [7, 11) is 0. The number of carbonyl (C=O) groups excluding carboxylic acids is 2. The Hall–Kier alpha value is -2.63. The largest absolute Gasteiger partial charge is 0.327 e. The second-order valence-corrected chi connectivity index (χ2v) is 5.25. The van der Waals surface area contributed by atoms with E-state index in [4.69, 9.17) is 0 Å². The standard InChI is InChI=1S/C15H15N3O3/c1-8(2)9-4-3-5-10-13(9)17-15(21)18(10)11-6-7-12(19)16-14(11)20/h3-5,11H,1,6-7H2,2H3,(H,17,21)(H,16,19,20). The molecule has 1 aliphatic rings. The van der Waals surface area contributed by atoms with Gasteiger partial charge in [0.25, 0.3) is 0 Å². The number of nitrogens with zero attached hydrogens (tertiary/aromatic N) is 1. The summed E-state index contributed by atoms with van der Waals surface area (Å²) < 4.78 is 1.42. The van der Waals surface area contributed by atoms with E-state index in [2.05, 4.69) is 16.9 Å². The fourth-order valence-corrected chi connectivity index (χ4v) is 2.74. The average molecular weight is 285 g/mol. The lowest BCUT2D eigenvalue weighted by Gasteiger charge is -2.21. The summed E-state index contributed by atoms with van der Waals surface area (Å²) in [4.78, 5) is 38.3. The van der Waals surface area contributed by atoms with E-state index in [-0.39, 0.29) is 18.0 Å². The van der Waals surface area contributed by atoms with Gasteiger partial charge in [0.2, 0.25) is 11.8 Å². The predicted molar refractivity (Wildman–Crippen MR) is 78.7 cm³/mol. The second kappa shape index (κ2) is 4.73. The zero-order valence-electron chi connectivity index (χ0n) is 11.6. The third kappa shape index (κ3) is 2.08. The van der Waals surface area contributed by atoms with Crippen molar-refractivity contribution in [3.8, 4) is 0 Å². The number of hydrogen-bond acceptors (Lipinski definition) is 3. The van der Waals surface area contributed by atoms with Gasteiger partial charge in [-0.1, -0.05) is 18.7 Å². The molecule has 1 aliphatic heterocycles. The van der Waals surface area contributed by atoms with Crippen LogP contribution in [0.4, 0.5) is 0 Å². The first kappa shape index (κ1) is 13.4. The molecule has 0 radical (unpaired) electrons. The van der Waals surface area contributed by atoms with E-state index >= 15 is 0 Å². The van der Waals surface area contributed by atoms with Crippen LogP contribution in [0.25, 0.3) is 16.6 Å². The number of aromatic amines is 1. The van der Waals surface area contributed by atoms with Crippen molar-refractivity contribution in [1.82, 2.24) is 14.9 Å². The highest BCUT2D eigenvalue weighted by atomic mass is 16.2. The van der Waals surface area contributed by atoms with Gasteiger partial charge in [0.1, 0.15) is 6.04 Å². The number of imide groups is 1. The number of benzene rings is 1. The van der Waals surface area contributed by atoms with Gasteiger partial charge in [-0.15, -0.1) is 0 Å². The Balaban J connectivity index is 2.20. The summed E-state index contributed by atoms with van der Waals surface area (Å²) in [6, 6.07) is 4.81. The van der Waals surface area contributed by atoms with Gasteiger partial charge in [0, 0.05) is 12.0 Å². The Kier molecular flexibility index (Phi) is 3.01. The maximum atomic E-state index is 12.3. The molecule has 21 heavy (non-hydrogen) atoms. The number of allylic oxidation sites excluding steroid dienone is 1. The third-order valence-electron chi connectivity index (χ3n) is 3.73. The average Bonchev–Trinajstić information content (AvgIpc) is 2.74. The van der Waals surface area contributed by atoms with Gasteiger partial charge in [-0.25, -0.2) is 4.79 Å². The van der Waals surface area contributed by atoms with Crippen LogP contribution >= 0.6 is 0 Å². The van der Waals surface area contributed by atoms with Crippen LogP contribution in [0, 0.1) is 0 Å². The smallest absolute Gasteiger partial charge is 0.305 e. The number of fused-ring (bicyclic) bond motifs is 1. The minimum Gasteiger partial charge on any atom is -0.305 e. The van der Waals surface area contributed by atoms with Crippen molar-refractivity contribution in [2.24, 2.45) is 0 Å². The fraction of sp³-hybridized carbons (Fsp3) is 0.267. The first-order valence-electron chi connectivity index (χ1n) is 6.72. The second-order valence-electron chi connectivity index (χ2n) is 5.25. The number of amides is 2. The monoisotopic (exact) mass is 285 g/mol. The number of nitrogens with one attached hydrogen (secondary N) is 2. The van der Waals surface area contributed by atoms with E-state index in [1.54, 1.807) is 6.07 Å². The SMILES string of the molecule is C=C(C)c1cccc2c1[nH]c(=O)n2C1CCC(=O)NC1=O. The molecule has 6 heteroatoms. The molecule has 1 aromatic carbocycles. The molecule has 2 N–H and O–H groups in total. The van der Waals surface area contributed by atoms with Crippen LogP contribution in [0.2, 0.25) is 0 Å². The third-order valence-corrected chi connectivity index (χ3v) is 3.73. The maximum absolute atomic E-state index is 12.3. The number of carbonyl (C=O) groups is 2. The van der Waals surface area contributed by atoms with E-state index < -0.39 is 11.9 Å². The summed E-state index contributed by atoms with van der Waals surface area (Å²) in [5, 5.41) is 2.28. The van der Waals surface area contributed by atoms with E-state index in [9.17, 15) is 14.4 Å². The lowest BCUT2D eigenvalue weighted by atomic mass is 10.0. The zero-order chi connectivity index (χ0) is 15.1. The van der Waals surface area contributed by atoms with Crippen molar-refractivity contribution in [2.75, 3.05) is 0 Å². The lowest BCUT2D eigenvalue weighted by molar-refractivity contribution is -0.135. The van der Waals surface area contributed by atoms with E-state index in [1.807, 2.05) is 19.1 Å². The summed E-state index contributed by atoms with van der Waals surface area (Å²) in [6.45, 7) is 5.75. The van der Waals surface area contributed by atoms with Crippen LogP contribution in [0.15, 0.2) is 29.6 Å². The Morgan fingerprint density at radius 1 is 1.33 bits per heavy atom. The molecular weight excluding hydrogens is 270 g/mol. The van der Waals surface area contributed by atoms with Crippen molar-refractivity contribution < 1.29 is 9.59 Å². The minimum absolute atomic E-state index is 0.232. The molecule has 1 saturated heterocycles. The van der Waals surface area contributed by atoms with Gasteiger partial charge in [0.05, 0.1) is 11.0 Å². The fourth-order valence-electron chi connectivity index (χ4n) is 2.74. The first-order valence-corrected chi connectivity index (χ1v) is 6.72. The first-order chi connectivity index (χ1) is 9.99. The molecule has 1 unspecified atom stereocenters. The number of aromatic nitrogens is 2. The topological polar surface area (TPSA) is 84.0 Å². The van der Waals surface area contributed by atoms with Crippen LogP contribution in [0.5, 0.6) is 0 Å². The van der Waals surface area contributed by atoms with Crippen LogP contribution in [-0.4, -0.2) is 21.4 Å². The normalized spacial score (nSPS) is 18.8. The highest BCUT2D eigenvalue weighted by molar-refractivity contribution is 6.00. The van der Waals surface area contributed by atoms with Gasteiger partial charge < -0.3 is 4.98 Å². The van der Waals surface area contributed by atoms with Crippen molar-refractivity contribution in [3.63, 3.8) is 0 Å². The number of hydrogen-bond donors (Lipinski definition) is 2. The Morgan fingerprint density at radius 2 is 2.10 bits per heavy atom. The van der Waals surface area contributed by atoms with E-state index in [0.717, 1.165) is 11.1 Å². The van der Waals surface area contributed by atoms with Crippen molar-refractivity contribution >= 4 is 28.4 Å². The lowest BCUT2D eigenvalue weighted by Crippen LogP contribution is -2.43. The van der Waals surface area contributed by atoms with Crippen LogP contribution < -0.4 is 11.0 Å². The number of H-pyrrole nitrogens is 1. The Labute approximate surface area is 120 Å². The van der Waals surface area contributed by atoms with Gasteiger partial charge in [-0.3, -0.25) is 19.5 Å². The molecule has 108 valence electrons. The highest BCUT2D eigenvalue weighted by Gasteiger charge is 2.30. The van der Waals surface area contributed by atoms with Crippen LogP contribution in [0.1, 0.15) is 31.4 Å². The molecule has 1 aromatic heterocycles. The summed E-state index contributed by atoms with van der Waals surface area (Å²) in [5.41, 5.74) is 2.64. The molecule has 2 heterocycles. The number of piperidine rings is 1. The van der Waals surface area contributed by atoms with E-state index in [0.29, 0.717) is 17.5 Å². The van der Waals surface area contributed by atoms with Crippen LogP contribution in [0.3, 0.4) is 0 Å². The van der Waals surface area contributed by atoms with E-state index in [1.165, 1.54) is 4.57 Å². The molecule has 6 nitrogen and oxygen atoms in total. The summed E-state index contributed by atoms with van der Waals surface area (Å²) in [5.74, 6) is -0.734. The molecule has 2 aromatic rings. The van der Waals surface area contributed by atoms with Crippen molar-refractivity contribution in [3.05, 3.63) is 40.8 Å². The van der Waals surface area contributed by atoms with Gasteiger partial charge in [0.15, 0.2) is 0 Å². The van der Waals surface area contributed by atoms with Gasteiger partial charge in [-0.2, -0.15) is 0 Å². The van der Waals surface area contributed by atoms with Crippen LogP contribution in [-0.2, 0) is 9.59 Å².